The van der Waals surface area contributed by atoms with Crippen LogP contribution in [0.25, 0.3) is 0 Å². The number of nitrogens with one attached hydrogen (secondary N) is 2. The standard InChI is InChI=1S/C15H20N4O/c1-20-15-5-3-2-4-13(15)14-9-16-6-7-19(14)10-12-8-17-11-18-12/h2-5,8,11,14,16H,6-7,9-10H2,1H3,(H,17,18). The molecule has 0 spiro atoms. The number of para-hydroxylation sites is 1. The van der Waals surface area contributed by atoms with Gasteiger partial charge in [0.05, 0.1) is 19.5 Å². The lowest BCUT2D eigenvalue weighted by molar-refractivity contribution is 0.149. The van der Waals surface area contributed by atoms with Crippen molar-refractivity contribution in [2.75, 3.05) is 26.7 Å². The van der Waals surface area contributed by atoms with Gasteiger partial charge in [0, 0.05) is 43.6 Å². The van der Waals surface area contributed by atoms with Crippen molar-refractivity contribution in [3.05, 3.63) is 48.0 Å². The topological polar surface area (TPSA) is 53.2 Å². The van der Waals surface area contributed by atoms with Crippen molar-refractivity contribution in [2.45, 2.75) is 12.6 Å². The summed E-state index contributed by atoms with van der Waals surface area (Å²) in [4.78, 5) is 9.74. The molecule has 5 heteroatoms. The molecule has 0 amide bonds. The number of H-pyrrole nitrogens is 1. The SMILES string of the molecule is COc1ccccc1C1CNCCN1Cc1cnc[nH]1. The summed E-state index contributed by atoms with van der Waals surface area (Å²) in [6.07, 6.45) is 3.62. The first-order chi connectivity index (χ1) is 9.88. The highest BCUT2D eigenvalue weighted by Gasteiger charge is 2.26. The molecule has 1 aromatic heterocycles. The molecule has 1 aromatic carbocycles. The molecule has 0 saturated carbocycles. The van der Waals surface area contributed by atoms with Crippen LogP contribution >= 0.6 is 0 Å². The summed E-state index contributed by atoms with van der Waals surface area (Å²) in [6, 6.07) is 8.58. The Bertz CT molecular complexity index is 541. The van der Waals surface area contributed by atoms with E-state index in [9.17, 15) is 0 Å². The van der Waals surface area contributed by atoms with Gasteiger partial charge in [-0.1, -0.05) is 18.2 Å². The first kappa shape index (κ1) is 13.1. The van der Waals surface area contributed by atoms with Gasteiger partial charge in [-0.05, 0) is 6.07 Å². The molecular weight excluding hydrogens is 252 g/mol. The second-order valence-corrected chi connectivity index (χ2v) is 5.01. The van der Waals surface area contributed by atoms with Crippen LogP contribution in [0.15, 0.2) is 36.8 Å². The summed E-state index contributed by atoms with van der Waals surface area (Å²) in [5.74, 6) is 0.954. The zero-order chi connectivity index (χ0) is 13.8. The molecule has 5 nitrogen and oxygen atoms in total. The molecule has 2 N–H and O–H groups in total. The summed E-state index contributed by atoms with van der Waals surface area (Å²) in [5, 5.41) is 3.47. The van der Waals surface area contributed by atoms with Gasteiger partial charge in [0.15, 0.2) is 0 Å². The smallest absolute Gasteiger partial charge is 0.123 e. The molecule has 1 atom stereocenters. The monoisotopic (exact) mass is 272 g/mol. The van der Waals surface area contributed by atoms with Gasteiger partial charge >= 0.3 is 0 Å². The number of aromatic amines is 1. The number of rotatable bonds is 4. The van der Waals surface area contributed by atoms with E-state index in [1.807, 2.05) is 18.3 Å². The van der Waals surface area contributed by atoms with E-state index in [0.717, 1.165) is 37.6 Å². The zero-order valence-corrected chi connectivity index (χ0v) is 11.7. The van der Waals surface area contributed by atoms with Crippen molar-refractivity contribution in [3.63, 3.8) is 0 Å². The number of hydrogen-bond donors (Lipinski definition) is 2. The fourth-order valence-corrected chi connectivity index (χ4v) is 2.77. The number of hydrogen-bond acceptors (Lipinski definition) is 4. The molecular formula is C15H20N4O. The summed E-state index contributed by atoms with van der Waals surface area (Å²) in [5.41, 5.74) is 2.38. The van der Waals surface area contributed by atoms with Crippen LogP contribution in [-0.4, -0.2) is 41.6 Å². The summed E-state index contributed by atoms with van der Waals surface area (Å²) >= 11 is 0. The number of piperazine rings is 1. The lowest BCUT2D eigenvalue weighted by Crippen LogP contribution is -2.45. The minimum atomic E-state index is 0.322. The normalized spacial score (nSPS) is 19.9. The lowest BCUT2D eigenvalue weighted by atomic mass is 10.0. The van der Waals surface area contributed by atoms with Gasteiger partial charge in [0.25, 0.3) is 0 Å². The van der Waals surface area contributed by atoms with Crippen LogP contribution in [0.2, 0.25) is 0 Å². The van der Waals surface area contributed by atoms with Crippen LogP contribution in [0.4, 0.5) is 0 Å². The van der Waals surface area contributed by atoms with Gasteiger partial charge in [-0.3, -0.25) is 4.90 Å². The average Bonchev–Trinajstić information content (AvgIpc) is 3.01. The molecule has 2 aromatic rings. The van der Waals surface area contributed by atoms with Gasteiger partial charge in [-0.25, -0.2) is 4.98 Å². The minimum Gasteiger partial charge on any atom is -0.496 e. The van der Waals surface area contributed by atoms with Crippen molar-refractivity contribution in [3.8, 4) is 5.75 Å². The highest BCUT2D eigenvalue weighted by Crippen LogP contribution is 2.30. The Balaban J connectivity index is 1.84. The quantitative estimate of drug-likeness (QED) is 0.887. The molecule has 0 radical (unpaired) electrons. The van der Waals surface area contributed by atoms with Crippen LogP contribution < -0.4 is 10.1 Å². The van der Waals surface area contributed by atoms with E-state index in [2.05, 4.69) is 32.3 Å². The number of imidazole rings is 1. The Morgan fingerprint density at radius 2 is 2.30 bits per heavy atom. The van der Waals surface area contributed by atoms with Crippen LogP contribution in [0.5, 0.6) is 5.75 Å². The number of ether oxygens (including phenoxy) is 1. The molecule has 1 fully saturated rings. The van der Waals surface area contributed by atoms with Crippen molar-refractivity contribution in [1.82, 2.24) is 20.2 Å². The molecule has 106 valence electrons. The van der Waals surface area contributed by atoms with Crippen molar-refractivity contribution >= 4 is 0 Å². The Kier molecular flexibility index (Phi) is 3.99. The van der Waals surface area contributed by atoms with Crippen LogP contribution in [0.3, 0.4) is 0 Å². The van der Waals surface area contributed by atoms with Crippen LogP contribution in [0.1, 0.15) is 17.3 Å². The predicted molar refractivity (Wildman–Crippen MR) is 77.6 cm³/mol. The van der Waals surface area contributed by atoms with Crippen LogP contribution in [0, 0.1) is 0 Å². The Morgan fingerprint density at radius 3 is 3.10 bits per heavy atom. The van der Waals surface area contributed by atoms with E-state index >= 15 is 0 Å². The molecule has 0 aliphatic carbocycles. The van der Waals surface area contributed by atoms with Crippen LogP contribution in [-0.2, 0) is 6.54 Å². The number of methoxy groups -OCH3 is 1. The average molecular weight is 272 g/mol. The third-order valence-electron chi connectivity index (χ3n) is 3.78. The van der Waals surface area contributed by atoms with E-state index < -0.39 is 0 Å². The highest BCUT2D eigenvalue weighted by atomic mass is 16.5. The van der Waals surface area contributed by atoms with E-state index in [-0.39, 0.29) is 0 Å². The Labute approximate surface area is 119 Å². The first-order valence-electron chi connectivity index (χ1n) is 6.93. The molecule has 1 saturated heterocycles. The van der Waals surface area contributed by atoms with Gasteiger partial charge in [-0.15, -0.1) is 0 Å². The van der Waals surface area contributed by atoms with E-state index in [0.29, 0.717) is 6.04 Å². The summed E-state index contributed by atoms with van der Waals surface area (Å²) < 4.78 is 5.51. The van der Waals surface area contributed by atoms with Crippen molar-refractivity contribution in [1.29, 1.82) is 0 Å². The fraction of sp³-hybridized carbons (Fsp3) is 0.400. The van der Waals surface area contributed by atoms with Crippen molar-refractivity contribution < 1.29 is 4.74 Å². The number of nitrogens with zero attached hydrogens (tertiary/aromatic N) is 2. The maximum absolute atomic E-state index is 5.51. The predicted octanol–water partition coefficient (Wildman–Crippen LogP) is 1.56. The first-order valence-corrected chi connectivity index (χ1v) is 6.93. The molecule has 1 unspecified atom stereocenters. The van der Waals surface area contributed by atoms with Gasteiger partial charge in [0.2, 0.25) is 0 Å². The largest absolute Gasteiger partial charge is 0.496 e. The molecule has 20 heavy (non-hydrogen) atoms. The summed E-state index contributed by atoms with van der Waals surface area (Å²) in [7, 11) is 1.73. The molecule has 1 aliphatic rings. The van der Waals surface area contributed by atoms with E-state index in [4.69, 9.17) is 4.74 Å². The maximum Gasteiger partial charge on any atom is 0.123 e. The van der Waals surface area contributed by atoms with Crippen molar-refractivity contribution in [2.24, 2.45) is 0 Å². The molecule has 3 rings (SSSR count). The Hall–Kier alpha value is -1.85. The minimum absolute atomic E-state index is 0.322. The number of benzene rings is 1. The van der Waals surface area contributed by atoms with Gasteiger partial charge in [-0.2, -0.15) is 0 Å². The number of aromatic nitrogens is 2. The van der Waals surface area contributed by atoms with E-state index in [1.165, 1.54) is 5.56 Å². The van der Waals surface area contributed by atoms with Gasteiger partial charge in [0.1, 0.15) is 5.75 Å². The third kappa shape index (κ3) is 2.69. The Morgan fingerprint density at radius 1 is 1.40 bits per heavy atom. The fourth-order valence-electron chi connectivity index (χ4n) is 2.77. The highest BCUT2D eigenvalue weighted by molar-refractivity contribution is 5.36. The lowest BCUT2D eigenvalue weighted by Gasteiger charge is -2.36. The summed E-state index contributed by atoms with van der Waals surface area (Å²) in [6.45, 7) is 3.85. The zero-order valence-electron chi connectivity index (χ0n) is 11.7. The molecule has 0 bridgehead atoms. The molecule has 1 aliphatic heterocycles. The third-order valence-corrected chi connectivity index (χ3v) is 3.78. The second-order valence-electron chi connectivity index (χ2n) is 5.01. The van der Waals surface area contributed by atoms with E-state index in [1.54, 1.807) is 13.4 Å². The van der Waals surface area contributed by atoms with Gasteiger partial charge < -0.3 is 15.0 Å². The second kappa shape index (κ2) is 6.07. The maximum atomic E-state index is 5.51. The molecule has 2 heterocycles.